The fourth-order valence-electron chi connectivity index (χ4n) is 2.72. The van der Waals surface area contributed by atoms with Gasteiger partial charge in [0.1, 0.15) is 5.75 Å². The second kappa shape index (κ2) is 6.13. The predicted molar refractivity (Wildman–Crippen MR) is 90.2 cm³/mol. The van der Waals surface area contributed by atoms with Gasteiger partial charge >= 0.3 is 0 Å². The van der Waals surface area contributed by atoms with Crippen LogP contribution in [0.2, 0.25) is 0 Å². The highest BCUT2D eigenvalue weighted by Gasteiger charge is 2.40. The monoisotopic (exact) mass is 302 g/mol. The number of ether oxygens (including phenoxy) is 1. The highest BCUT2D eigenvalue weighted by Crippen LogP contribution is 2.39. The average molecular weight is 302 g/mol. The molecule has 0 radical (unpaired) electrons. The fourth-order valence-corrected chi connectivity index (χ4v) is 2.72. The first-order chi connectivity index (χ1) is 10.3. The molecule has 4 nitrogen and oxygen atoms in total. The molecule has 0 saturated heterocycles. The molecule has 1 aliphatic rings. The third-order valence-electron chi connectivity index (χ3n) is 3.85. The van der Waals surface area contributed by atoms with Crippen LogP contribution in [0.25, 0.3) is 0 Å². The van der Waals surface area contributed by atoms with Crippen LogP contribution in [0.15, 0.2) is 30.4 Å². The van der Waals surface area contributed by atoms with Crippen LogP contribution in [0.1, 0.15) is 52.1 Å². The minimum absolute atomic E-state index is 0.0213. The lowest BCUT2D eigenvalue weighted by Crippen LogP contribution is -2.53. The summed E-state index contributed by atoms with van der Waals surface area (Å²) in [7, 11) is 0. The molecule has 1 aliphatic heterocycles. The fraction of sp³-hybridized carbons (Fsp3) is 0.500. The number of nitrogens with zero attached hydrogens (tertiary/aromatic N) is 1. The third kappa shape index (κ3) is 3.17. The Morgan fingerprint density at radius 3 is 2.73 bits per heavy atom. The van der Waals surface area contributed by atoms with Crippen molar-refractivity contribution in [2.45, 2.75) is 52.2 Å². The normalized spacial score (nSPS) is 17.7. The summed E-state index contributed by atoms with van der Waals surface area (Å²) >= 11 is 0. The SMILES string of the molecule is C=C(C)CN1C(=O)C(C)(C)Oc2ccc(C(N)CCC)cc21. The number of nitrogens with two attached hydrogens (primary N) is 1. The maximum Gasteiger partial charge on any atom is 0.270 e. The molecule has 1 heterocycles. The first-order valence-corrected chi connectivity index (χ1v) is 7.81. The number of hydrogen-bond donors (Lipinski definition) is 1. The largest absolute Gasteiger partial charge is 0.476 e. The van der Waals surface area contributed by atoms with E-state index in [4.69, 9.17) is 10.5 Å². The van der Waals surface area contributed by atoms with Gasteiger partial charge in [0.2, 0.25) is 0 Å². The molecule has 2 N–H and O–H groups in total. The molecular weight excluding hydrogens is 276 g/mol. The molecule has 0 aromatic heterocycles. The van der Waals surface area contributed by atoms with E-state index < -0.39 is 5.60 Å². The van der Waals surface area contributed by atoms with Gasteiger partial charge in [0, 0.05) is 12.6 Å². The summed E-state index contributed by atoms with van der Waals surface area (Å²) in [6.45, 7) is 12.0. The summed E-state index contributed by atoms with van der Waals surface area (Å²) in [5.41, 5.74) is 8.10. The summed E-state index contributed by atoms with van der Waals surface area (Å²) in [5, 5.41) is 0. The van der Waals surface area contributed by atoms with Crippen molar-refractivity contribution in [3.8, 4) is 5.75 Å². The van der Waals surface area contributed by atoms with Gasteiger partial charge in [-0.05, 0) is 44.9 Å². The third-order valence-corrected chi connectivity index (χ3v) is 3.85. The van der Waals surface area contributed by atoms with Crippen LogP contribution in [0.3, 0.4) is 0 Å². The van der Waals surface area contributed by atoms with Crippen LogP contribution in [0.4, 0.5) is 5.69 Å². The van der Waals surface area contributed by atoms with Crippen molar-refractivity contribution in [2.24, 2.45) is 5.73 Å². The van der Waals surface area contributed by atoms with Crippen LogP contribution in [-0.4, -0.2) is 18.1 Å². The Balaban J connectivity index is 2.46. The Kier molecular flexibility index (Phi) is 4.61. The minimum Gasteiger partial charge on any atom is -0.476 e. The van der Waals surface area contributed by atoms with E-state index in [1.807, 2.05) is 25.1 Å². The smallest absolute Gasteiger partial charge is 0.270 e. The minimum atomic E-state index is -0.866. The molecule has 1 aromatic rings. The van der Waals surface area contributed by atoms with Crippen LogP contribution in [0.5, 0.6) is 5.75 Å². The maximum absolute atomic E-state index is 12.7. The summed E-state index contributed by atoms with van der Waals surface area (Å²) in [4.78, 5) is 14.4. The molecule has 120 valence electrons. The first-order valence-electron chi connectivity index (χ1n) is 7.81. The van der Waals surface area contributed by atoms with Crippen molar-refractivity contribution in [1.29, 1.82) is 0 Å². The molecule has 1 amide bonds. The molecular formula is C18H26N2O2. The number of rotatable bonds is 5. The van der Waals surface area contributed by atoms with E-state index in [1.165, 1.54) is 0 Å². The Labute approximate surface area is 132 Å². The lowest BCUT2D eigenvalue weighted by Gasteiger charge is -2.39. The van der Waals surface area contributed by atoms with Gasteiger partial charge in [-0.3, -0.25) is 4.79 Å². The van der Waals surface area contributed by atoms with E-state index in [9.17, 15) is 4.79 Å². The van der Waals surface area contributed by atoms with E-state index >= 15 is 0 Å². The van der Waals surface area contributed by atoms with Crippen molar-refractivity contribution in [3.63, 3.8) is 0 Å². The lowest BCUT2D eigenvalue weighted by molar-refractivity contribution is -0.132. The Bertz CT molecular complexity index is 593. The zero-order valence-electron chi connectivity index (χ0n) is 14.0. The van der Waals surface area contributed by atoms with E-state index in [0.29, 0.717) is 6.54 Å². The number of fused-ring (bicyclic) bond motifs is 1. The van der Waals surface area contributed by atoms with Gasteiger partial charge in [-0.1, -0.05) is 31.6 Å². The molecule has 1 unspecified atom stereocenters. The van der Waals surface area contributed by atoms with Crippen LogP contribution < -0.4 is 15.4 Å². The van der Waals surface area contributed by atoms with Gasteiger partial charge in [0.05, 0.1) is 5.69 Å². The summed E-state index contributed by atoms with van der Waals surface area (Å²) in [6, 6.07) is 5.86. The van der Waals surface area contributed by atoms with E-state index in [-0.39, 0.29) is 11.9 Å². The Hall–Kier alpha value is -1.81. The standard InChI is InChI=1S/C18H26N2O2/c1-6-7-14(19)13-8-9-16-15(10-13)20(11-12(2)3)17(21)18(4,5)22-16/h8-10,14H,2,6-7,11,19H2,1,3-5H3. The van der Waals surface area contributed by atoms with Crippen molar-refractivity contribution in [3.05, 3.63) is 35.9 Å². The van der Waals surface area contributed by atoms with Gasteiger partial charge < -0.3 is 15.4 Å². The molecule has 1 aromatic carbocycles. The molecule has 0 fully saturated rings. The Morgan fingerprint density at radius 2 is 2.14 bits per heavy atom. The molecule has 1 atom stereocenters. The van der Waals surface area contributed by atoms with E-state index in [2.05, 4.69) is 13.5 Å². The zero-order valence-corrected chi connectivity index (χ0v) is 14.0. The lowest BCUT2D eigenvalue weighted by atomic mass is 9.98. The zero-order chi connectivity index (χ0) is 16.5. The maximum atomic E-state index is 12.7. The summed E-state index contributed by atoms with van der Waals surface area (Å²) in [6.07, 6.45) is 1.94. The predicted octanol–water partition coefficient (Wildman–Crippen LogP) is 3.57. The van der Waals surface area contributed by atoms with Gasteiger partial charge in [-0.2, -0.15) is 0 Å². The molecule has 0 aliphatic carbocycles. The van der Waals surface area contributed by atoms with Crippen molar-refractivity contribution in [2.75, 3.05) is 11.4 Å². The molecule has 22 heavy (non-hydrogen) atoms. The number of anilines is 1. The van der Waals surface area contributed by atoms with Crippen molar-refractivity contribution in [1.82, 2.24) is 0 Å². The highest BCUT2D eigenvalue weighted by molar-refractivity contribution is 6.02. The molecule has 2 rings (SSSR count). The molecule has 0 bridgehead atoms. The molecule has 0 spiro atoms. The Morgan fingerprint density at radius 1 is 1.45 bits per heavy atom. The molecule has 0 saturated carbocycles. The highest BCUT2D eigenvalue weighted by atomic mass is 16.5. The van der Waals surface area contributed by atoms with Crippen LogP contribution >= 0.6 is 0 Å². The number of carbonyl (C=O) groups is 1. The average Bonchev–Trinajstić information content (AvgIpc) is 2.43. The quantitative estimate of drug-likeness (QED) is 0.846. The van der Waals surface area contributed by atoms with Crippen molar-refractivity contribution >= 4 is 11.6 Å². The van der Waals surface area contributed by atoms with Crippen LogP contribution in [0, 0.1) is 0 Å². The van der Waals surface area contributed by atoms with Crippen LogP contribution in [-0.2, 0) is 4.79 Å². The number of carbonyl (C=O) groups excluding carboxylic acids is 1. The second-order valence-electron chi connectivity index (χ2n) is 6.58. The van der Waals surface area contributed by atoms with Gasteiger partial charge in [0.15, 0.2) is 5.60 Å². The number of amides is 1. The van der Waals surface area contributed by atoms with Gasteiger partial charge in [-0.15, -0.1) is 0 Å². The van der Waals surface area contributed by atoms with E-state index in [1.54, 1.807) is 18.7 Å². The second-order valence-corrected chi connectivity index (χ2v) is 6.58. The first kappa shape index (κ1) is 16.6. The number of hydrogen-bond acceptors (Lipinski definition) is 3. The van der Waals surface area contributed by atoms with Gasteiger partial charge in [-0.25, -0.2) is 0 Å². The van der Waals surface area contributed by atoms with Crippen molar-refractivity contribution < 1.29 is 9.53 Å². The topological polar surface area (TPSA) is 55.6 Å². The van der Waals surface area contributed by atoms with E-state index in [0.717, 1.165) is 35.4 Å². The van der Waals surface area contributed by atoms with Gasteiger partial charge in [0.25, 0.3) is 5.91 Å². The molecule has 4 heteroatoms. The summed E-state index contributed by atoms with van der Waals surface area (Å²) < 4.78 is 5.88. The summed E-state index contributed by atoms with van der Waals surface area (Å²) in [5.74, 6) is 0.669. The number of benzene rings is 1.